The van der Waals surface area contributed by atoms with Crippen LogP contribution in [0, 0.1) is 0 Å². The standard InChI is InChI=1S/C40H48N8O10/c1-23(44-37(55)29(41)18-25-9-13-27(50)14-10-25)36(54)46-30(19-24-6-3-2-4-7-24)38(56)43-21-34(52)45-31(20-26-11-15-28(51)16-12-26)40(58)48-17-5-8-33(48)39(57)47-32(22-49)35(42)53/h2-16,23,29-33,49-51H,17-22,41H2,1H3,(H2,42,53)(H,43,56)(H,44,55)(H,45,52)(H,46,54)(H,47,57)/t23-,29+,30+,31+,32+,33+/m1/s1. The van der Waals surface area contributed by atoms with E-state index in [0.29, 0.717) is 16.7 Å². The lowest BCUT2D eigenvalue weighted by Crippen LogP contribution is -2.58. The third-order valence-corrected chi connectivity index (χ3v) is 9.18. The fourth-order valence-electron chi connectivity index (χ4n) is 5.96. The molecule has 308 valence electrons. The van der Waals surface area contributed by atoms with Crippen molar-refractivity contribution < 1.29 is 48.9 Å². The average Bonchev–Trinajstić information content (AvgIpc) is 3.70. The second kappa shape index (κ2) is 20.9. The fourth-order valence-corrected chi connectivity index (χ4v) is 5.96. The van der Waals surface area contributed by atoms with Crippen LogP contribution < -0.4 is 38.1 Å². The van der Waals surface area contributed by atoms with Gasteiger partial charge in [0.1, 0.15) is 41.7 Å². The summed E-state index contributed by atoms with van der Waals surface area (Å²) in [6.45, 7) is 0.000153. The Balaban J connectivity index is 1.42. The zero-order valence-electron chi connectivity index (χ0n) is 31.7. The van der Waals surface area contributed by atoms with Crippen molar-refractivity contribution in [2.24, 2.45) is 11.5 Å². The molecule has 1 heterocycles. The molecule has 0 bridgehead atoms. The van der Waals surface area contributed by atoms with Gasteiger partial charge in [0.25, 0.3) is 0 Å². The van der Waals surface area contributed by atoms with Crippen LogP contribution in [0.4, 0.5) is 0 Å². The molecule has 18 heteroatoms. The number of hydrogen-bond donors (Lipinski definition) is 10. The summed E-state index contributed by atoms with van der Waals surface area (Å²) in [6, 6.07) is 13.5. The van der Waals surface area contributed by atoms with E-state index in [0.717, 1.165) is 4.90 Å². The maximum Gasteiger partial charge on any atom is 0.247 e. The number of nitrogens with one attached hydrogen (secondary N) is 5. The molecule has 18 nitrogen and oxygen atoms in total. The van der Waals surface area contributed by atoms with Gasteiger partial charge in [0.05, 0.1) is 19.2 Å². The number of carbonyl (C=O) groups is 7. The minimum absolute atomic E-state index is 0.0152. The largest absolute Gasteiger partial charge is 0.508 e. The summed E-state index contributed by atoms with van der Waals surface area (Å²) in [7, 11) is 0. The van der Waals surface area contributed by atoms with Crippen LogP contribution in [0.5, 0.6) is 11.5 Å². The number of aliphatic hydroxyl groups is 1. The van der Waals surface area contributed by atoms with E-state index in [9.17, 15) is 48.9 Å². The van der Waals surface area contributed by atoms with E-state index in [1.54, 1.807) is 60.7 Å². The number of amides is 7. The lowest BCUT2D eigenvalue weighted by atomic mass is 10.0. The normalized spacial score (nSPS) is 15.8. The molecule has 0 saturated heterocycles. The van der Waals surface area contributed by atoms with E-state index in [1.165, 1.54) is 37.3 Å². The van der Waals surface area contributed by atoms with Crippen LogP contribution in [-0.4, -0.2) is 118 Å². The molecule has 58 heavy (non-hydrogen) atoms. The van der Waals surface area contributed by atoms with Crippen molar-refractivity contribution in [2.45, 2.75) is 62.4 Å². The molecule has 12 N–H and O–H groups in total. The van der Waals surface area contributed by atoms with Crippen LogP contribution in [0.3, 0.4) is 0 Å². The quantitative estimate of drug-likeness (QED) is 0.0579. The number of aromatic hydroxyl groups is 2. The molecule has 0 radical (unpaired) electrons. The highest BCUT2D eigenvalue weighted by molar-refractivity contribution is 5.97. The van der Waals surface area contributed by atoms with Gasteiger partial charge in [-0.15, -0.1) is 0 Å². The van der Waals surface area contributed by atoms with E-state index >= 15 is 0 Å². The monoisotopic (exact) mass is 800 g/mol. The van der Waals surface area contributed by atoms with Gasteiger partial charge in [0.15, 0.2) is 0 Å². The molecule has 0 aliphatic carbocycles. The molecule has 1 aliphatic rings. The van der Waals surface area contributed by atoms with Crippen LogP contribution in [0.2, 0.25) is 0 Å². The zero-order chi connectivity index (χ0) is 42.4. The van der Waals surface area contributed by atoms with E-state index < -0.39 is 90.8 Å². The predicted molar refractivity (Wildman–Crippen MR) is 209 cm³/mol. The maximum atomic E-state index is 13.9. The number of phenols is 2. The molecule has 3 aromatic carbocycles. The Morgan fingerprint density at radius 3 is 1.86 bits per heavy atom. The van der Waals surface area contributed by atoms with Crippen molar-refractivity contribution in [3.8, 4) is 11.5 Å². The van der Waals surface area contributed by atoms with Crippen molar-refractivity contribution >= 4 is 41.4 Å². The Morgan fingerprint density at radius 2 is 1.28 bits per heavy atom. The van der Waals surface area contributed by atoms with Gasteiger partial charge in [0.2, 0.25) is 41.4 Å². The Kier molecular flexibility index (Phi) is 15.9. The number of aliphatic hydroxyl groups excluding tert-OH is 1. The van der Waals surface area contributed by atoms with Gasteiger partial charge >= 0.3 is 0 Å². The summed E-state index contributed by atoms with van der Waals surface area (Å²) < 4.78 is 0. The fraction of sp³-hybridized carbons (Fsp3) is 0.325. The average molecular weight is 801 g/mol. The Bertz CT molecular complexity index is 1960. The summed E-state index contributed by atoms with van der Waals surface area (Å²) in [5, 5.41) is 41.3. The second-order valence-electron chi connectivity index (χ2n) is 13.7. The van der Waals surface area contributed by atoms with Crippen LogP contribution in [0.1, 0.15) is 23.6 Å². The van der Waals surface area contributed by atoms with Crippen molar-refractivity contribution in [1.82, 2.24) is 31.5 Å². The lowest BCUT2D eigenvalue weighted by Gasteiger charge is -2.29. The summed E-state index contributed by atoms with van der Waals surface area (Å²) in [5.74, 6) is -5.30. The number of nitrogens with zero attached hydrogens (tertiary/aromatic N) is 1. The molecule has 0 spiro atoms. The summed E-state index contributed by atoms with van der Waals surface area (Å²) in [5.41, 5.74) is 13.2. The molecular weight excluding hydrogens is 752 g/mol. The molecule has 0 unspecified atom stereocenters. The van der Waals surface area contributed by atoms with E-state index in [2.05, 4.69) is 26.6 Å². The number of benzene rings is 3. The first-order chi connectivity index (χ1) is 27.6. The number of primary amides is 1. The molecule has 6 atom stereocenters. The first-order valence-corrected chi connectivity index (χ1v) is 18.4. The first kappa shape index (κ1) is 43.9. The number of hydrogen-bond acceptors (Lipinski definition) is 11. The molecule has 7 amide bonds. The maximum absolute atomic E-state index is 13.9. The van der Waals surface area contributed by atoms with Crippen molar-refractivity contribution in [1.29, 1.82) is 0 Å². The highest BCUT2D eigenvalue weighted by Crippen LogP contribution is 2.17. The Hall–Kier alpha value is -6.79. The van der Waals surface area contributed by atoms with Gasteiger partial charge in [-0.25, -0.2) is 0 Å². The van der Waals surface area contributed by atoms with Gasteiger partial charge in [0, 0.05) is 19.4 Å². The third kappa shape index (κ3) is 12.9. The van der Waals surface area contributed by atoms with Crippen molar-refractivity contribution in [2.75, 3.05) is 19.7 Å². The van der Waals surface area contributed by atoms with Gasteiger partial charge in [-0.05, 0) is 54.3 Å². The minimum atomic E-state index is -1.40. The van der Waals surface area contributed by atoms with Crippen LogP contribution in [0.25, 0.3) is 0 Å². The number of rotatable bonds is 19. The van der Waals surface area contributed by atoms with Crippen molar-refractivity contribution in [3.05, 3.63) is 108 Å². The third-order valence-electron chi connectivity index (χ3n) is 9.18. The molecule has 0 saturated carbocycles. The van der Waals surface area contributed by atoms with Gasteiger partial charge in [-0.1, -0.05) is 66.7 Å². The first-order valence-electron chi connectivity index (χ1n) is 18.4. The van der Waals surface area contributed by atoms with Crippen molar-refractivity contribution in [3.63, 3.8) is 0 Å². The number of phenolic OH excluding ortho intramolecular Hbond substituents is 2. The molecule has 4 rings (SSSR count). The summed E-state index contributed by atoms with van der Waals surface area (Å²) in [4.78, 5) is 92.8. The highest BCUT2D eigenvalue weighted by atomic mass is 16.3. The molecule has 1 aliphatic heterocycles. The molecule has 3 aromatic rings. The van der Waals surface area contributed by atoms with E-state index in [-0.39, 0.29) is 37.3 Å². The van der Waals surface area contributed by atoms with Gasteiger partial charge in [-0.2, -0.15) is 0 Å². The Morgan fingerprint density at radius 1 is 0.707 bits per heavy atom. The van der Waals surface area contributed by atoms with Gasteiger partial charge in [-0.3, -0.25) is 33.6 Å². The van der Waals surface area contributed by atoms with E-state index in [4.69, 9.17) is 11.5 Å². The van der Waals surface area contributed by atoms with Crippen LogP contribution >= 0.6 is 0 Å². The molecular formula is C40H48N8O10. The SMILES string of the molecule is C[C@@H](NC(=O)[C@@H](N)Cc1ccc(O)cc1)C(=O)N[C@@H](Cc1ccccc1)C(=O)NCC(=O)N[C@@H](Cc1ccc(O)cc1)C(=O)N1CC=C[C@H]1C(=O)N[C@@H](CO)C(N)=O. The number of nitrogens with two attached hydrogens (primary N) is 2. The zero-order valence-corrected chi connectivity index (χ0v) is 31.7. The highest BCUT2D eigenvalue weighted by Gasteiger charge is 2.36. The topological polar surface area (TPSA) is 296 Å². The van der Waals surface area contributed by atoms with Crippen LogP contribution in [-0.2, 0) is 52.8 Å². The smallest absolute Gasteiger partial charge is 0.247 e. The summed E-state index contributed by atoms with van der Waals surface area (Å²) in [6.07, 6.45) is 3.03. The Labute approximate surface area is 334 Å². The number of carbonyl (C=O) groups excluding carboxylic acids is 7. The summed E-state index contributed by atoms with van der Waals surface area (Å²) >= 11 is 0. The van der Waals surface area contributed by atoms with E-state index in [1.807, 2.05) is 0 Å². The molecule has 0 fully saturated rings. The van der Waals surface area contributed by atoms with Gasteiger partial charge < -0.3 is 58.3 Å². The predicted octanol–water partition coefficient (Wildman–Crippen LogP) is -2.23. The molecule has 0 aromatic heterocycles. The minimum Gasteiger partial charge on any atom is -0.508 e. The van der Waals surface area contributed by atoms with Crippen LogP contribution in [0.15, 0.2) is 91.0 Å². The second-order valence-corrected chi connectivity index (χ2v) is 13.7. The lowest BCUT2D eigenvalue weighted by molar-refractivity contribution is -0.141.